The van der Waals surface area contributed by atoms with E-state index in [2.05, 4.69) is 26.1 Å². The van der Waals surface area contributed by atoms with E-state index in [9.17, 15) is 10.1 Å². The highest BCUT2D eigenvalue weighted by atomic mass is 79.9. The molecule has 0 aliphatic heterocycles. The summed E-state index contributed by atoms with van der Waals surface area (Å²) >= 11 is 9.57. The van der Waals surface area contributed by atoms with Crippen molar-refractivity contribution in [1.29, 1.82) is 0 Å². The van der Waals surface area contributed by atoms with Gasteiger partial charge < -0.3 is 4.42 Å². The van der Waals surface area contributed by atoms with E-state index in [0.29, 0.717) is 5.56 Å². The van der Waals surface area contributed by atoms with Crippen LogP contribution in [0.4, 0.5) is 5.69 Å². The van der Waals surface area contributed by atoms with Crippen molar-refractivity contribution in [2.45, 2.75) is 0 Å². The van der Waals surface area contributed by atoms with Gasteiger partial charge in [-0.05, 0) is 29.8 Å². The highest BCUT2D eigenvalue weighted by Crippen LogP contribution is 2.27. The Balaban J connectivity index is 1.88. The lowest BCUT2D eigenvalue weighted by Crippen LogP contribution is -1.88. The third kappa shape index (κ3) is 3.69. The Hall–Kier alpha value is -2.51. The van der Waals surface area contributed by atoms with Crippen molar-refractivity contribution in [2.24, 2.45) is 0 Å². The molecule has 0 fully saturated rings. The van der Waals surface area contributed by atoms with E-state index in [4.69, 9.17) is 16.0 Å². The van der Waals surface area contributed by atoms with E-state index in [1.807, 2.05) is 24.3 Å². The second-order valence-electron chi connectivity index (χ2n) is 4.76. The zero-order chi connectivity index (χ0) is 17.1. The molecule has 0 saturated carbocycles. The van der Waals surface area contributed by atoms with Crippen LogP contribution in [0.2, 0.25) is 0 Å². The van der Waals surface area contributed by atoms with Gasteiger partial charge in [0.1, 0.15) is 5.03 Å². The summed E-state index contributed by atoms with van der Waals surface area (Å²) in [6.45, 7) is 0. The Kier molecular flexibility index (Phi) is 4.73. The minimum absolute atomic E-state index is 0.0521. The lowest BCUT2D eigenvalue weighted by Gasteiger charge is -1.96. The molecule has 0 radical (unpaired) electrons. The van der Waals surface area contributed by atoms with Crippen molar-refractivity contribution >= 4 is 44.3 Å². The van der Waals surface area contributed by atoms with Gasteiger partial charge in [-0.2, -0.15) is 0 Å². The summed E-state index contributed by atoms with van der Waals surface area (Å²) in [6, 6.07) is 13.5. The van der Waals surface area contributed by atoms with Gasteiger partial charge in [-0.3, -0.25) is 10.1 Å². The number of non-ortho nitro benzene ring substituents is 1. The first-order chi connectivity index (χ1) is 11.5. The molecule has 120 valence electrons. The van der Waals surface area contributed by atoms with Crippen molar-refractivity contribution in [3.63, 3.8) is 0 Å². The second kappa shape index (κ2) is 6.94. The van der Waals surface area contributed by atoms with Crippen LogP contribution in [-0.2, 0) is 0 Å². The molecule has 1 aromatic heterocycles. The lowest BCUT2D eigenvalue weighted by atomic mass is 10.2. The maximum absolute atomic E-state index is 10.8. The number of hydrogen-bond donors (Lipinski definition) is 0. The predicted octanol–water partition coefficient (Wildman–Crippen LogP) is 5.14. The SMILES string of the molecule is O=[N+]([O-])c1cccc(-c2nnc(/C(Cl)=C/c3ccc(Br)cc3)o2)c1. The third-order valence-electron chi connectivity index (χ3n) is 3.10. The van der Waals surface area contributed by atoms with Crippen LogP contribution in [0.1, 0.15) is 11.5 Å². The first kappa shape index (κ1) is 16.4. The molecule has 2 aromatic carbocycles. The van der Waals surface area contributed by atoms with Gasteiger partial charge >= 0.3 is 0 Å². The quantitative estimate of drug-likeness (QED) is 0.442. The fraction of sp³-hybridized carbons (Fsp3) is 0. The number of hydrogen-bond acceptors (Lipinski definition) is 5. The number of nitro benzene ring substituents is 1. The van der Waals surface area contributed by atoms with Gasteiger partial charge in [0, 0.05) is 22.2 Å². The summed E-state index contributed by atoms with van der Waals surface area (Å²) in [5, 5.41) is 18.9. The number of nitro groups is 1. The zero-order valence-electron chi connectivity index (χ0n) is 12.0. The minimum atomic E-state index is -0.485. The molecule has 3 rings (SSSR count). The first-order valence-corrected chi connectivity index (χ1v) is 7.91. The van der Waals surface area contributed by atoms with E-state index < -0.39 is 4.92 Å². The summed E-state index contributed by atoms with van der Waals surface area (Å²) in [7, 11) is 0. The summed E-state index contributed by atoms with van der Waals surface area (Å²) in [5.74, 6) is 0.303. The van der Waals surface area contributed by atoms with E-state index in [1.165, 1.54) is 12.1 Å². The van der Waals surface area contributed by atoms with Gasteiger partial charge in [0.2, 0.25) is 5.89 Å². The molecule has 0 aliphatic rings. The molecular formula is C16H9BrClN3O3. The molecular weight excluding hydrogens is 398 g/mol. The Morgan fingerprint density at radius 3 is 2.67 bits per heavy atom. The van der Waals surface area contributed by atoms with Gasteiger partial charge in [-0.25, -0.2) is 0 Å². The number of nitrogens with zero attached hydrogens (tertiary/aromatic N) is 3. The largest absolute Gasteiger partial charge is 0.415 e. The monoisotopic (exact) mass is 405 g/mol. The smallest absolute Gasteiger partial charge is 0.270 e. The van der Waals surface area contributed by atoms with Crippen molar-refractivity contribution in [1.82, 2.24) is 10.2 Å². The molecule has 0 N–H and O–H groups in total. The van der Waals surface area contributed by atoms with Crippen LogP contribution < -0.4 is 0 Å². The van der Waals surface area contributed by atoms with Gasteiger partial charge in [0.05, 0.1) is 4.92 Å². The average Bonchev–Trinajstić information content (AvgIpc) is 3.07. The fourth-order valence-electron chi connectivity index (χ4n) is 1.96. The summed E-state index contributed by atoms with van der Waals surface area (Å²) in [6.07, 6.45) is 1.69. The first-order valence-electron chi connectivity index (χ1n) is 6.74. The standard InChI is InChI=1S/C16H9BrClN3O3/c17-12-6-4-10(5-7-12)8-14(18)16-20-19-15(24-16)11-2-1-3-13(9-11)21(22)23/h1-9H/b14-8-. The van der Waals surface area contributed by atoms with Gasteiger partial charge in [0.25, 0.3) is 11.6 Å². The Bertz CT molecular complexity index is 922. The molecule has 8 heteroatoms. The highest BCUT2D eigenvalue weighted by Gasteiger charge is 2.14. The second-order valence-corrected chi connectivity index (χ2v) is 6.09. The normalized spacial score (nSPS) is 11.5. The maximum Gasteiger partial charge on any atom is 0.270 e. The molecule has 0 unspecified atom stereocenters. The lowest BCUT2D eigenvalue weighted by molar-refractivity contribution is -0.384. The van der Waals surface area contributed by atoms with E-state index in [1.54, 1.807) is 18.2 Å². The van der Waals surface area contributed by atoms with Crippen LogP contribution in [0.25, 0.3) is 22.6 Å². The van der Waals surface area contributed by atoms with E-state index in [-0.39, 0.29) is 22.5 Å². The third-order valence-corrected chi connectivity index (χ3v) is 3.90. The number of rotatable bonds is 4. The molecule has 3 aromatic rings. The molecule has 0 aliphatic carbocycles. The summed E-state index contributed by atoms with van der Waals surface area (Å²) in [5.41, 5.74) is 1.28. The fourth-order valence-corrected chi connectivity index (χ4v) is 2.42. The topological polar surface area (TPSA) is 82.1 Å². The van der Waals surface area contributed by atoms with Crippen LogP contribution in [-0.4, -0.2) is 15.1 Å². The number of halogens is 2. The number of benzene rings is 2. The Labute approximate surface area is 150 Å². The molecule has 6 nitrogen and oxygen atoms in total. The van der Waals surface area contributed by atoms with Crippen LogP contribution in [0.3, 0.4) is 0 Å². The number of aromatic nitrogens is 2. The molecule has 0 atom stereocenters. The maximum atomic E-state index is 10.8. The molecule has 0 amide bonds. The van der Waals surface area contributed by atoms with Crippen LogP contribution in [0.15, 0.2) is 57.4 Å². The van der Waals surface area contributed by atoms with Gasteiger partial charge in [0.15, 0.2) is 0 Å². The zero-order valence-corrected chi connectivity index (χ0v) is 14.4. The van der Waals surface area contributed by atoms with Gasteiger partial charge in [-0.1, -0.05) is 45.7 Å². The van der Waals surface area contributed by atoms with Gasteiger partial charge in [-0.15, -0.1) is 10.2 Å². The minimum Gasteiger partial charge on any atom is -0.415 e. The Morgan fingerprint density at radius 2 is 1.96 bits per heavy atom. The van der Waals surface area contributed by atoms with Crippen molar-refractivity contribution in [3.05, 3.63) is 74.6 Å². The van der Waals surface area contributed by atoms with E-state index >= 15 is 0 Å². The van der Waals surface area contributed by atoms with Crippen LogP contribution in [0.5, 0.6) is 0 Å². The Morgan fingerprint density at radius 1 is 1.21 bits per heavy atom. The highest BCUT2D eigenvalue weighted by molar-refractivity contribution is 9.10. The van der Waals surface area contributed by atoms with Crippen molar-refractivity contribution in [2.75, 3.05) is 0 Å². The van der Waals surface area contributed by atoms with Crippen LogP contribution in [0, 0.1) is 10.1 Å². The average molecular weight is 407 g/mol. The van der Waals surface area contributed by atoms with Crippen molar-refractivity contribution < 1.29 is 9.34 Å². The van der Waals surface area contributed by atoms with E-state index in [0.717, 1.165) is 10.0 Å². The summed E-state index contributed by atoms with van der Waals surface area (Å²) in [4.78, 5) is 10.3. The van der Waals surface area contributed by atoms with Crippen molar-refractivity contribution in [3.8, 4) is 11.5 Å². The molecule has 0 bridgehead atoms. The molecule has 24 heavy (non-hydrogen) atoms. The van der Waals surface area contributed by atoms with Crippen LogP contribution >= 0.6 is 27.5 Å². The predicted molar refractivity (Wildman–Crippen MR) is 94.3 cm³/mol. The molecule has 1 heterocycles. The summed E-state index contributed by atoms with van der Waals surface area (Å²) < 4.78 is 6.47. The molecule has 0 spiro atoms. The molecule has 0 saturated heterocycles.